The third-order valence-corrected chi connectivity index (χ3v) is 2.28. The zero-order valence-electron chi connectivity index (χ0n) is 11.4. The van der Waals surface area contributed by atoms with Gasteiger partial charge < -0.3 is 9.47 Å². The van der Waals surface area contributed by atoms with Gasteiger partial charge in [0.1, 0.15) is 11.5 Å². The molecule has 0 fully saturated rings. The summed E-state index contributed by atoms with van der Waals surface area (Å²) in [6.07, 6.45) is 0. The maximum absolute atomic E-state index is 11.8. The molecule has 0 atom stereocenters. The lowest BCUT2D eigenvalue weighted by Gasteiger charge is -2.04. The summed E-state index contributed by atoms with van der Waals surface area (Å²) in [6.45, 7) is 4.00. The summed E-state index contributed by atoms with van der Waals surface area (Å²) in [7, 11) is 1.58. The predicted octanol–water partition coefficient (Wildman–Crippen LogP) is 3.94. The van der Waals surface area contributed by atoms with Gasteiger partial charge in [-0.1, -0.05) is 32.0 Å². The highest BCUT2D eigenvalue weighted by Gasteiger charge is 2.07. The van der Waals surface area contributed by atoms with Crippen molar-refractivity contribution in [3.05, 3.63) is 60.2 Å². The summed E-state index contributed by atoms with van der Waals surface area (Å²) in [4.78, 5) is 11.8. The lowest BCUT2D eigenvalue weighted by Crippen LogP contribution is -2.08. The Hall–Kier alpha value is -2.29. The molecule has 3 nitrogen and oxygen atoms in total. The third kappa shape index (κ3) is 4.47. The summed E-state index contributed by atoms with van der Waals surface area (Å²) in [5.41, 5.74) is 0.495. The van der Waals surface area contributed by atoms with Gasteiger partial charge in [-0.3, -0.25) is 0 Å². The first kappa shape index (κ1) is 14.8. The molecule has 0 aromatic heterocycles. The van der Waals surface area contributed by atoms with Crippen molar-refractivity contribution in [3.8, 4) is 11.5 Å². The second-order valence-corrected chi connectivity index (χ2v) is 3.43. The molecule has 0 N–H and O–H groups in total. The molecule has 0 spiro atoms. The fourth-order valence-corrected chi connectivity index (χ4v) is 1.38. The van der Waals surface area contributed by atoms with Gasteiger partial charge in [-0.15, -0.1) is 0 Å². The van der Waals surface area contributed by atoms with E-state index < -0.39 is 0 Å². The maximum Gasteiger partial charge on any atom is 0.343 e. The molecule has 3 heteroatoms. The average molecular weight is 258 g/mol. The van der Waals surface area contributed by atoms with Gasteiger partial charge in [-0.25, -0.2) is 4.79 Å². The number of esters is 1. The van der Waals surface area contributed by atoms with Crippen molar-refractivity contribution < 1.29 is 14.3 Å². The molecule has 0 heterocycles. The molecular weight excluding hydrogens is 240 g/mol. The van der Waals surface area contributed by atoms with Crippen LogP contribution in [0.15, 0.2) is 54.6 Å². The molecule has 0 aliphatic carbocycles. The number of methoxy groups -OCH3 is 1. The van der Waals surface area contributed by atoms with E-state index in [1.54, 1.807) is 43.5 Å². The lowest BCUT2D eigenvalue weighted by molar-refractivity contribution is 0.0735. The van der Waals surface area contributed by atoms with E-state index in [1.807, 2.05) is 32.0 Å². The van der Waals surface area contributed by atoms with Crippen molar-refractivity contribution in [2.45, 2.75) is 13.8 Å². The van der Waals surface area contributed by atoms with Gasteiger partial charge in [0.15, 0.2) is 0 Å². The summed E-state index contributed by atoms with van der Waals surface area (Å²) in [5.74, 6) is 0.869. The number of hydrogen-bond acceptors (Lipinski definition) is 3. The van der Waals surface area contributed by atoms with Crippen LogP contribution in [0.5, 0.6) is 11.5 Å². The number of ether oxygens (including phenoxy) is 2. The summed E-state index contributed by atoms with van der Waals surface area (Å²) in [5, 5.41) is 0. The topological polar surface area (TPSA) is 35.5 Å². The molecular formula is C16H18O3. The Morgan fingerprint density at radius 2 is 1.42 bits per heavy atom. The number of hydrogen-bond donors (Lipinski definition) is 0. The molecule has 0 radical (unpaired) electrons. The third-order valence-electron chi connectivity index (χ3n) is 2.28. The van der Waals surface area contributed by atoms with Crippen molar-refractivity contribution in [1.29, 1.82) is 0 Å². The monoisotopic (exact) mass is 258 g/mol. The second kappa shape index (κ2) is 7.93. The molecule has 0 amide bonds. The van der Waals surface area contributed by atoms with Gasteiger partial charge in [-0.2, -0.15) is 0 Å². The molecule has 0 saturated heterocycles. The van der Waals surface area contributed by atoms with Crippen LogP contribution in [0.25, 0.3) is 0 Å². The zero-order valence-corrected chi connectivity index (χ0v) is 11.4. The number of carbonyl (C=O) groups excluding carboxylic acids is 1. The summed E-state index contributed by atoms with van der Waals surface area (Å²) in [6, 6.07) is 15.8. The Balaban J connectivity index is 0.000000861. The molecule has 2 rings (SSSR count). The minimum Gasteiger partial charge on any atom is -0.497 e. The largest absolute Gasteiger partial charge is 0.497 e. The fraction of sp³-hybridized carbons (Fsp3) is 0.188. The molecule has 0 aliphatic rings. The van der Waals surface area contributed by atoms with Gasteiger partial charge in [0.2, 0.25) is 0 Å². The minimum atomic E-state index is -0.376. The Morgan fingerprint density at radius 3 is 1.95 bits per heavy atom. The average Bonchev–Trinajstić information content (AvgIpc) is 2.50. The van der Waals surface area contributed by atoms with E-state index in [1.165, 1.54) is 0 Å². The van der Waals surface area contributed by atoms with E-state index >= 15 is 0 Å². The predicted molar refractivity (Wildman–Crippen MR) is 75.7 cm³/mol. The quantitative estimate of drug-likeness (QED) is 0.618. The van der Waals surface area contributed by atoms with E-state index in [2.05, 4.69) is 0 Å². The molecule has 0 bridgehead atoms. The van der Waals surface area contributed by atoms with Crippen LogP contribution in [-0.2, 0) is 0 Å². The Kier molecular flexibility index (Phi) is 6.16. The van der Waals surface area contributed by atoms with Crippen molar-refractivity contribution in [2.24, 2.45) is 0 Å². The van der Waals surface area contributed by atoms with Gasteiger partial charge in [0.05, 0.1) is 12.7 Å². The van der Waals surface area contributed by atoms with Crippen LogP contribution in [0, 0.1) is 0 Å². The molecule has 2 aromatic carbocycles. The zero-order chi connectivity index (χ0) is 14.1. The Morgan fingerprint density at radius 1 is 0.842 bits per heavy atom. The fourth-order valence-electron chi connectivity index (χ4n) is 1.38. The Bertz CT molecular complexity index is 489. The van der Waals surface area contributed by atoms with Crippen LogP contribution in [0.2, 0.25) is 0 Å². The SMILES string of the molecule is CC.COc1ccc(C(=O)Oc2ccccc2)cc1. The van der Waals surface area contributed by atoms with E-state index in [9.17, 15) is 4.79 Å². The van der Waals surface area contributed by atoms with Crippen LogP contribution in [0.4, 0.5) is 0 Å². The molecule has 0 saturated carbocycles. The molecule has 0 unspecified atom stereocenters. The first-order chi connectivity index (χ1) is 9.29. The van der Waals surface area contributed by atoms with Crippen LogP contribution in [0.1, 0.15) is 24.2 Å². The van der Waals surface area contributed by atoms with Crippen molar-refractivity contribution in [1.82, 2.24) is 0 Å². The van der Waals surface area contributed by atoms with Gasteiger partial charge in [0, 0.05) is 0 Å². The molecule has 100 valence electrons. The molecule has 19 heavy (non-hydrogen) atoms. The first-order valence-corrected chi connectivity index (χ1v) is 6.21. The highest BCUT2D eigenvalue weighted by Crippen LogP contribution is 2.14. The summed E-state index contributed by atoms with van der Waals surface area (Å²) >= 11 is 0. The lowest BCUT2D eigenvalue weighted by atomic mass is 10.2. The number of para-hydroxylation sites is 1. The number of benzene rings is 2. The van der Waals surface area contributed by atoms with Crippen molar-refractivity contribution >= 4 is 5.97 Å². The van der Waals surface area contributed by atoms with Crippen LogP contribution < -0.4 is 9.47 Å². The van der Waals surface area contributed by atoms with E-state index in [4.69, 9.17) is 9.47 Å². The van der Waals surface area contributed by atoms with Crippen molar-refractivity contribution in [3.63, 3.8) is 0 Å². The van der Waals surface area contributed by atoms with E-state index in [0.29, 0.717) is 17.1 Å². The van der Waals surface area contributed by atoms with Gasteiger partial charge >= 0.3 is 5.97 Å². The highest BCUT2D eigenvalue weighted by molar-refractivity contribution is 5.91. The second-order valence-electron chi connectivity index (χ2n) is 3.43. The molecule has 0 aliphatic heterocycles. The standard InChI is InChI=1S/C14H12O3.C2H6/c1-16-12-9-7-11(8-10-12)14(15)17-13-5-3-2-4-6-13;1-2/h2-10H,1H3;1-2H3. The van der Waals surface area contributed by atoms with Crippen LogP contribution in [0.3, 0.4) is 0 Å². The number of carbonyl (C=O) groups is 1. The smallest absolute Gasteiger partial charge is 0.343 e. The first-order valence-electron chi connectivity index (χ1n) is 6.21. The van der Waals surface area contributed by atoms with E-state index in [0.717, 1.165) is 0 Å². The van der Waals surface area contributed by atoms with Gasteiger partial charge in [0.25, 0.3) is 0 Å². The summed E-state index contributed by atoms with van der Waals surface area (Å²) < 4.78 is 10.2. The van der Waals surface area contributed by atoms with Crippen LogP contribution >= 0.6 is 0 Å². The van der Waals surface area contributed by atoms with Gasteiger partial charge in [-0.05, 0) is 36.4 Å². The Labute approximate surface area is 113 Å². The minimum absolute atomic E-state index is 0.376. The molecule has 2 aromatic rings. The normalized spacial score (nSPS) is 9.00. The van der Waals surface area contributed by atoms with Crippen molar-refractivity contribution in [2.75, 3.05) is 7.11 Å². The van der Waals surface area contributed by atoms with Crippen LogP contribution in [-0.4, -0.2) is 13.1 Å². The van der Waals surface area contributed by atoms with E-state index in [-0.39, 0.29) is 5.97 Å². The highest BCUT2D eigenvalue weighted by atomic mass is 16.5. The maximum atomic E-state index is 11.8. The number of rotatable bonds is 3.